The van der Waals surface area contributed by atoms with E-state index in [0.717, 1.165) is 16.5 Å². The standard InChI is InChI=1S/C16H15BrN2O4/c1-2-11-3-8-15(14(17)9-11)18-16(20)10-23-13-6-4-12(5-7-13)19(21)22/h3-9H,2,10H2,1H3,(H,18,20). The second kappa shape index (κ2) is 7.73. The molecule has 120 valence electrons. The number of amides is 1. The molecule has 0 unspecified atom stereocenters. The predicted octanol–water partition coefficient (Wildman–Crippen LogP) is 3.94. The summed E-state index contributed by atoms with van der Waals surface area (Å²) in [6, 6.07) is 11.3. The van der Waals surface area contributed by atoms with Gasteiger partial charge in [-0.15, -0.1) is 0 Å². The molecule has 1 amide bonds. The molecule has 2 aromatic rings. The molecule has 0 aliphatic rings. The van der Waals surface area contributed by atoms with Gasteiger partial charge in [-0.1, -0.05) is 13.0 Å². The Labute approximate surface area is 141 Å². The lowest BCUT2D eigenvalue weighted by atomic mass is 10.1. The van der Waals surface area contributed by atoms with Crippen LogP contribution < -0.4 is 10.1 Å². The summed E-state index contributed by atoms with van der Waals surface area (Å²) in [5, 5.41) is 13.3. The van der Waals surface area contributed by atoms with E-state index < -0.39 is 4.92 Å². The molecular formula is C16H15BrN2O4. The second-order valence-corrected chi connectivity index (χ2v) is 5.61. The first kappa shape index (κ1) is 17.0. The molecule has 0 aromatic heterocycles. The monoisotopic (exact) mass is 378 g/mol. The highest BCUT2D eigenvalue weighted by Crippen LogP contribution is 2.24. The summed E-state index contributed by atoms with van der Waals surface area (Å²) >= 11 is 3.41. The van der Waals surface area contributed by atoms with Crippen molar-refractivity contribution in [2.75, 3.05) is 11.9 Å². The van der Waals surface area contributed by atoms with E-state index in [1.54, 1.807) is 0 Å². The van der Waals surface area contributed by atoms with Crippen LogP contribution in [0.15, 0.2) is 46.9 Å². The maximum Gasteiger partial charge on any atom is 0.269 e. The highest BCUT2D eigenvalue weighted by molar-refractivity contribution is 9.10. The number of hydrogen-bond donors (Lipinski definition) is 1. The summed E-state index contributed by atoms with van der Waals surface area (Å²) in [6.07, 6.45) is 0.913. The van der Waals surface area contributed by atoms with Gasteiger partial charge in [0.15, 0.2) is 6.61 Å². The van der Waals surface area contributed by atoms with E-state index in [4.69, 9.17) is 4.74 Å². The average Bonchev–Trinajstić information content (AvgIpc) is 2.55. The lowest BCUT2D eigenvalue weighted by Crippen LogP contribution is -2.20. The van der Waals surface area contributed by atoms with E-state index in [-0.39, 0.29) is 18.2 Å². The minimum Gasteiger partial charge on any atom is -0.484 e. The number of carbonyl (C=O) groups is 1. The molecule has 2 rings (SSSR count). The van der Waals surface area contributed by atoms with Gasteiger partial charge in [-0.05, 0) is 52.2 Å². The number of rotatable bonds is 6. The number of benzene rings is 2. The fraction of sp³-hybridized carbons (Fsp3) is 0.188. The molecule has 0 aliphatic heterocycles. The maximum absolute atomic E-state index is 11.9. The maximum atomic E-state index is 11.9. The first-order valence-electron chi connectivity index (χ1n) is 6.95. The summed E-state index contributed by atoms with van der Waals surface area (Å²) in [5.41, 5.74) is 1.80. The summed E-state index contributed by atoms with van der Waals surface area (Å²) in [5.74, 6) is 0.0828. The molecule has 0 radical (unpaired) electrons. The van der Waals surface area contributed by atoms with Crippen molar-refractivity contribution in [2.45, 2.75) is 13.3 Å². The van der Waals surface area contributed by atoms with Gasteiger partial charge in [0.25, 0.3) is 11.6 Å². The number of non-ortho nitro benzene ring substituents is 1. The fourth-order valence-electron chi connectivity index (χ4n) is 1.88. The fourth-order valence-corrected chi connectivity index (χ4v) is 2.40. The van der Waals surface area contributed by atoms with Crippen molar-refractivity contribution in [3.8, 4) is 5.75 Å². The van der Waals surface area contributed by atoms with Gasteiger partial charge in [0.2, 0.25) is 0 Å². The van der Waals surface area contributed by atoms with Crippen LogP contribution in [0.4, 0.5) is 11.4 Å². The van der Waals surface area contributed by atoms with Crippen LogP contribution in [-0.2, 0) is 11.2 Å². The SMILES string of the molecule is CCc1ccc(NC(=O)COc2ccc([N+](=O)[O-])cc2)c(Br)c1. The highest BCUT2D eigenvalue weighted by Gasteiger charge is 2.08. The average molecular weight is 379 g/mol. The first-order valence-corrected chi connectivity index (χ1v) is 7.74. The van der Waals surface area contributed by atoms with Crippen LogP contribution in [-0.4, -0.2) is 17.4 Å². The number of halogens is 1. The van der Waals surface area contributed by atoms with Gasteiger partial charge in [0.05, 0.1) is 10.6 Å². The highest BCUT2D eigenvalue weighted by atomic mass is 79.9. The number of anilines is 1. The van der Waals surface area contributed by atoms with Gasteiger partial charge in [-0.2, -0.15) is 0 Å². The molecule has 0 fully saturated rings. The van der Waals surface area contributed by atoms with Crippen molar-refractivity contribution in [3.63, 3.8) is 0 Å². The molecule has 0 aliphatic carbocycles. The molecule has 23 heavy (non-hydrogen) atoms. The van der Waals surface area contributed by atoms with E-state index in [1.165, 1.54) is 24.3 Å². The zero-order valence-electron chi connectivity index (χ0n) is 12.4. The van der Waals surface area contributed by atoms with Gasteiger partial charge in [-0.25, -0.2) is 0 Å². The smallest absolute Gasteiger partial charge is 0.269 e. The topological polar surface area (TPSA) is 81.5 Å². The lowest BCUT2D eigenvalue weighted by molar-refractivity contribution is -0.384. The molecule has 1 N–H and O–H groups in total. The van der Waals surface area contributed by atoms with E-state index in [0.29, 0.717) is 11.4 Å². The van der Waals surface area contributed by atoms with Crippen molar-refractivity contribution in [1.82, 2.24) is 0 Å². The number of nitro groups is 1. The number of nitro benzene ring substituents is 1. The molecular weight excluding hydrogens is 364 g/mol. The molecule has 0 saturated heterocycles. The van der Waals surface area contributed by atoms with Crippen LogP contribution in [0.2, 0.25) is 0 Å². The molecule has 0 heterocycles. The zero-order chi connectivity index (χ0) is 16.8. The Bertz CT molecular complexity index is 717. The summed E-state index contributed by atoms with van der Waals surface area (Å²) < 4.78 is 6.12. The van der Waals surface area contributed by atoms with Crippen LogP contribution >= 0.6 is 15.9 Å². The van der Waals surface area contributed by atoms with E-state index >= 15 is 0 Å². The largest absolute Gasteiger partial charge is 0.484 e. The Morgan fingerprint density at radius 1 is 1.26 bits per heavy atom. The Morgan fingerprint density at radius 3 is 2.52 bits per heavy atom. The van der Waals surface area contributed by atoms with E-state index in [2.05, 4.69) is 28.2 Å². The Kier molecular flexibility index (Phi) is 5.70. The van der Waals surface area contributed by atoms with Crippen LogP contribution in [0, 0.1) is 10.1 Å². The molecule has 2 aromatic carbocycles. The Balaban J connectivity index is 1.91. The number of ether oxygens (including phenoxy) is 1. The van der Waals surface area contributed by atoms with Crippen molar-refractivity contribution in [3.05, 3.63) is 62.6 Å². The van der Waals surface area contributed by atoms with Gasteiger partial charge < -0.3 is 10.1 Å². The lowest BCUT2D eigenvalue weighted by Gasteiger charge is -2.10. The Morgan fingerprint density at radius 2 is 1.96 bits per heavy atom. The number of nitrogens with one attached hydrogen (secondary N) is 1. The van der Waals surface area contributed by atoms with Gasteiger partial charge in [-0.3, -0.25) is 14.9 Å². The van der Waals surface area contributed by atoms with Crippen molar-refractivity contribution < 1.29 is 14.5 Å². The van der Waals surface area contributed by atoms with Gasteiger partial charge in [0.1, 0.15) is 5.75 Å². The van der Waals surface area contributed by atoms with E-state index in [1.807, 2.05) is 18.2 Å². The van der Waals surface area contributed by atoms with E-state index in [9.17, 15) is 14.9 Å². The van der Waals surface area contributed by atoms with Crippen LogP contribution in [0.25, 0.3) is 0 Å². The van der Waals surface area contributed by atoms with Crippen LogP contribution in [0.3, 0.4) is 0 Å². The molecule has 0 bridgehead atoms. The predicted molar refractivity (Wildman–Crippen MR) is 90.7 cm³/mol. The van der Waals surface area contributed by atoms with Gasteiger partial charge >= 0.3 is 0 Å². The number of carbonyl (C=O) groups excluding carboxylic acids is 1. The molecule has 6 nitrogen and oxygen atoms in total. The number of nitrogens with zero attached hydrogens (tertiary/aromatic N) is 1. The summed E-state index contributed by atoms with van der Waals surface area (Å²) in [7, 11) is 0. The third-order valence-electron chi connectivity index (χ3n) is 3.13. The molecule has 0 saturated carbocycles. The molecule has 0 atom stereocenters. The molecule has 7 heteroatoms. The minimum absolute atomic E-state index is 0.0262. The zero-order valence-corrected chi connectivity index (χ0v) is 14.0. The van der Waals surface area contributed by atoms with Crippen LogP contribution in [0.1, 0.15) is 12.5 Å². The normalized spacial score (nSPS) is 10.2. The minimum atomic E-state index is -0.492. The summed E-state index contributed by atoms with van der Waals surface area (Å²) in [4.78, 5) is 22.0. The second-order valence-electron chi connectivity index (χ2n) is 4.76. The third kappa shape index (κ3) is 4.79. The van der Waals surface area contributed by atoms with Crippen molar-refractivity contribution >= 4 is 33.2 Å². The van der Waals surface area contributed by atoms with Crippen LogP contribution in [0.5, 0.6) is 5.75 Å². The van der Waals surface area contributed by atoms with Crippen molar-refractivity contribution in [2.24, 2.45) is 0 Å². The first-order chi connectivity index (χ1) is 11.0. The number of hydrogen-bond acceptors (Lipinski definition) is 4. The van der Waals surface area contributed by atoms with Gasteiger partial charge in [0, 0.05) is 16.6 Å². The quantitative estimate of drug-likeness (QED) is 0.609. The number of aryl methyl sites for hydroxylation is 1. The third-order valence-corrected chi connectivity index (χ3v) is 3.79. The van der Waals surface area contributed by atoms with Crippen molar-refractivity contribution in [1.29, 1.82) is 0 Å². The Hall–Kier alpha value is -2.41. The summed E-state index contributed by atoms with van der Waals surface area (Å²) in [6.45, 7) is 1.87. The molecule has 0 spiro atoms.